The number of ketones is 1. The van der Waals surface area contributed by atoms with Gasteiger partial charge >= 0.3 is 5.97 Å². The zero-order valence-electron chi connectivity index (χ0n) is 10.8. The predicted octanol–water partition coefficient (Wildman–Crippen LogP) is 2.99. The van der Waals surface area contributed by atoms with Crippen LogP contribution in [0, 0.1) is 25.7 Å². The second-order valence-corrected chi connectivity index (χ2v) is 5.16. The summed E-state index contributed by atoms with van der Waals surface area (Å²) in [5, 5.41) is 9.15. The number of hydrogen-bond donors (Lipinski definition) is 1. The van der Waals surface area contributed by atoms with Crippen LogP contribution >= 0.6 is 0 Å². The molecule has 1 aliphatic rings. The lowest BCUT2D eigenvalue weighted by atomic mass is 9.86. The van der Waals surface area contributed by atoms with Crippen molar-refractivity contribution >= 4 is 11.8 Å². The van der Waals surface area contributed by atoms with Gasteiger partial charge in [0.05, 0.1) is 5.92 Å². The van der Waals surface area contributed by atoms with E-state index in [-0.39, 0.29) is 11.7 Å². The van der Waals surface area contributed by atoms with Crippen molar-refractivity contribution in [2.24, 2.45) is 11.8 Å². The normalized spacial score (nSPS) is 23.0. The lowest BCUT2D eigenvalue weighted by Crippen LogP contribution is -2.25. The maximum atomic E-state index is 12.5. The first-order valence-corrected chi connectivity index (χ1v) is 6.35. The monoisotopic (exact) mass is 246 g/mol. The molecule has 0 spiro atoms. The van der Waals surface area contributed by atoms with Gasteiger partial charge in [0, 0.05) is 11.5 Å². The summed E-state index contributed by atoms with van der Waals surface area (Å²) in [5.41, 5.74) is 2.66. The number of benzene rings is 1. The Kier molecular flexibility index (Phi) is 3.50. The summed E-state index contributed by atoms with van der Waals surface area (Å²) in [4.78, 5) is 23.6. The van der Waals surface area contributed by atoms with Crippen LogP contribution in [-0.4, -0.2) is 16.9 Å². The molecule has 96 valence electrons. The molecule has 1 N–H and O–H groups in total. The highest BCUT2D eigenvalue weighted by Crippen LogP contribution is 2.35. The summed E-state index contributed by atoms with van der Waals surface area (Å²) in [7, 11) is 0. The summed E-state index contributed by atoms with van der Waals surface area (Å²) >= 11 is 0. The highest BCUT2D eigenvalue weighted by molar-refractivity contribution is 6.01. The molecule has 1 saturated carbocycles. The summed E-state index contributed by atoms with van der Waals surface area (Å²) in [6.07, 6.45) is 2.15. The Labute approximate surface area is 107 Å². The minimum Gasteiger partial charge on any atom is -0.481 e. The first-order valence-electron chi connectivity index (χ1n) is 6.35. The van der Waals surface area contributed by atoms with E-state index in [1.54, 1.807) is 0 Å². The lowest BCUT2D eigenvalue weighted by Gasteiger charge is -2.16. The average molecular weight is 246 g/mol. The van der Waals surface area contributed by atoms with E-state index in [9.17, 15) is 9.59 Å². The van der Waals surface area contributed by atoms with Gasteiger partial charge in [-0.1, -0.05) is 24.1 Å². The van der Waals surface area contributed by atoms with E-state index in [1.165, 1.54) is 0 Å². The summed E-state index contributed by atoms with van der Waals surface area (Å²) in [5.74, 6) is -1.68. The van der Waals surface area contributed by atoms with Gasteiger partial charge in [-0.25, -0.2) is 0 Å². The van der Waals surface area contributed by atoms with Crippen LogP contribution in [0.3, 0.4) is 0 Å². The smallest absolute Gasteiger partial charge is 0.307 e. The summed E-state index contributed by atoms with van der Waals surface area (Å²) in [6, 6.07) is 5.76. The zero-order valence-corrected chi connectivity index (χ0v) is 10.8. The average Bonchev–Trinajstić information content (AvgIpc) is 2.80. The molecule has 1 aliphatic carbocycles. The van der Waals surface area contributed by atoms with Crippen LogP contribution < -0.4 is 0 Å². The molecule has 2 atom stereocenters. The van der Waals surface area contributed by atoms with E-state index in [4.69, 9.17) is 5.11 Å². The summed E-state index contributed by atoms with van der Waals surface area (Å²) in [6.45, 7) is 3.84. The van der Waals surface area contributed by atoms with Crippen LogP contribution in [0.5, 0.6) is 0 Å². The number of carbonyl (C=O) groups is 2. The Hall–Kier alpha value is -1.64. The van der Waals surface area contributed by atoms with Gasteiger partial charge in [-0.2, -0.15) is 0 Å². The van der Waals surface area contributed by atoms with Crippen molar-refractivity contribution < 1.29 is 14.7 Å². The number of carboxylic acid groups (broad SMARTS) is 1. The van der Waals surface area contributed by atoms with Gasteiger partial charge in [-0.3, -0.25) is 9.59 Å². The minimum absolute atomic E-state index is 0.00102. The molecule has 1 aromatic carbocycles. The SMILES string of the molecule is Cc1ccc(C)c(C(=O)C2CCCC2C(=O)O)c1. The topological polar surface area (TPSA) is 54.4 Å². The number of hydrogen-bond acceptors (Lipinski definition) is 2. The highest BCUT2D eigenvalue weighted by atomic mass is 16.4. The highest BCUT2D eigenvalue weighted by Gasteiger charge is 2.38. The molecule has 0 radical (unpaired) electrons. The van der Waals surface area contributed by atoms with E-state index in [0.29, 0.717) is 18.4 Å². The maximum Gasteiger partial charge on any atom is 0.307 e. The maximum absolute atomic E-state index is 12.5. The standard InChI is InChI=1S/C15H18O3/c1-9-6-7-10(2)13(8-9)14(16)11-4-3-5-12(11)15(17)18/h6-8,11-12H,3-5H2,1-2H3,(H,17,18). The second-order valence-electron chi connectivity index (χ2n) is 5.16. The van der Waals surface area contributed by atoms with Crippen LogP contribution in [0.2, 0.25) is 0 Å². The van der Waals surface area contributed by atoms with Crippen molar-refractivity contribution in [1.82, 2.24) is 0 Å². The van der Waals surface area contributed by atoms with Gasteiger partial charge in [0.2, 0.25) is 0 Å². The van der Waals surface area contributed by atoms with Crippen LogP contribution in [0.4, 0.5) is 0 Å². The van der Waals surface area contributed by atoms with Crippen LogP contribution in [0.25, 0.3) is 0 Å². The molecule has 0 amide bonds. The number of aryl methyl sites for hydroxylation is 2. The minimum atomic E-state index is -0.837. The lowest BCUT2D eigenvalue weighted by molar-refractivity contribution is -0.142. The fraction of sp³-hybridized carbons (Fsp3) is 0.467. The van der Waals surface area contributed by atoms with Crippen molar-refractivity contribution in [2.75, 3.05) is 0 Å². The van der Waals surface area contributed by atoms with E-state index >= 15 is 0 Å². The molecule has 1 aromatic rings. The number of Topliss-reactive ketones (excluding diaryl/α,β-unsaturated/α-hetero) is 1. The Morgan fingerprint density at radius 2 is 1.83 bits per heavy atom. The van der Waals surface area contributed by atoms with Gasteiger partial charge in [0.15, 0.2) is 5.78 Å². The molecule has 3 nitrogen and oxygen atoms in total. The van der Waals surface area contributed by atoms with Crippen LogP contribution in [0.1, 0.15) is 40.7 Å². The van der Waals surface area contributed by atoms with Crippen molar-refractivity contribution in [1.29, 1.82) is 0 Å². The molecule has 0 heterocycles. The molecule has 18 heavy (non-hydrogen) atoms. The Morgan fingerprint density at radius 3 is 2.50 bits per heavy atom. The van der Waals surface area contributed by atoms with Crippen molar-refractivity contribution in [2.45, 2.75) is 33.1 Å². The number of rotatable bonds is 3. The van der Waals surface area contributed by atoms with Crippen LogP contribution in [-0.2, 0) is 4.79 Å². The quantitative estimate of drug-likeness (QED) is 0.834. The van der Waals surface area contributed by atoms with Gasteiger partial charge in [0.25, 0.3) is 0 Å². The number of carboxylic acids is 1. The Balaban J connectivity index is 2.31. The zero-order chi connectivity index (χ0) is 13.3. The van der Waals surface area contributed by atoms with Gasteiger partial charge < -0.3 is 5.11 Å². The number of carbonyl (C=O) groups excluding carboxylic acids is 1. The van der Waals surface area contributed by atoms with Crippen molar-refractivity contribution in [3.8, 4) is 0 Å². The fourth-order valence-corrected chi connectivity index (χ4v) is 2.77. The Bertz CT molecular complexity index is 491. The number of aliphatic carboxylic acids is 1. The second kappa shape index (κ2) is 4.92. The van der Waals surface area contributed by atoms with E-state index in [0.717, 1.165) is 17.5 Å². The van der Waals surface area contributed by atoms with Crippen molar-refractivity contribution in [3.05, 3.63) is 34.9 Å². The third-order valence-corrected chi connectivity index (χ3v) is 3.83. The van der Waals surface area contributed by atoms with Gasteiger partial charge in [0.1, 0.15) is 0 Å². The van der Waals surface area contributed by atoms with E-state index < -0.39 is 11.9 Å². The first-order chi connectivity index (χ1) is 8.50. The largest absolute Gasteiger partial charge is 0.481 e. The molecule has 0 saturated heterocycles. The Morgan fingerprint density at radius 1 is 1.17 bits per heavy atom. The first kappa shape index (κ1) is 12.8. The molecular formula is C15H18O3. The van der Waals surface area contributed by atoms with Crippen LogP contribution in [0.15, 0.2) is 18.2 Å². The van der Waals surface area contributed by atoms with E-state index in [2.05, 4.69) is 0 Å². The molecule has 0 aromatic heterocycles. The molecule has 1 fully saturated rings. The fourth-order valence-electron chi connectivity index (χ4n) is 2.77. The van der Waals surface area contributed by atoms with Gasteiger partial charge in [-0.15, -0.1) is 0 Å². The third kappa shape index (κ3) is 2.30. The van der Waals surface area contributed by atoms with Gasteiger partial charge in [-0.05, 0) is 38.3 Å². The molecule has 0 bridgehead atoms. The molecule has 2 rings (SSSR count). The van der Waals surface area contributed by atoms with Crippen molar-refractivity contribution in [3.63, 3.8) is 0 Å². The molecule has 2 unspecified atom stereocenters. The molecule has 0 aliphatic heterocycles. The summed E-state index contributed by atoms with van der Waals surface area (Å²) < 4.78 is 0. The third-order valence-electron chi connectivity index (χ3n) is 3.83. The molecule has 3 heteroatoms. The van der Waals surface area contributed by atoms with E-state index in [1.807, 2.05) is 32.0 Å². The predicted molar refractivity (Wildman–Crippen MR) is 68.7 cm³/mol. The molecular weight excluding hydrogens is 228 g/mol.